The lowest BCUT2D eigenvalue weighted by Crippen LogP contribution is -2.33. The minimum Gasteiger partial charge on any atom is -0.383 e. The maximum absolute atomic E-state index is 6.39. The number of nitrogens with one attached hydrogen (secondary N) is 1. The van der Waals surface area contributed by atoms with Crippen molar-refractivity contribution < 1.29 is 0 Å². The fourth-order valence-electron chi connectivity index (χ4n) is 5.22. The highest BCUT2D eigenvalue weighted by Gasteiger charge is 2.32. The summed E-state index contributed by atoms with van der Waals surface area (Å²) >= 11 is 0. The molecule has 0 bridgehead atoms. The summed E-state index contributed by atoms with van der Waals surface area (Å²) in [5.74, 6) is 2.04. The number of nitrogen functional groups attached to an aromatic ring is 1. The first-order valence-electron chi connectivity index (χ1n) is 12.0. The maximum atomic E-state index is 6.39. The number of nitrogens with two attached hydrogens (primary N) is 1. The standard InChI is InChI=1S/C28H29N7/c1-34(2)15-18-12-22(13-18)35-16-23(26-27(29)30-17-31-28(26)35)20-9-8-19-10-11-25(33-24(19)14-20)32-21-6-4-3-5-7-21/h3-11,14,16-18,22H,12-13,15H2,1-2H3,(H,32,33)(H2,29,30,31). The van der Waals surface area contributed by atoms with Gasteiger partial charge in [0.15, 0.2) is 0 Å². The third-order valence-electron chi connectivity index (χ3n) is 6.92. The second-order valence-electron chi connectivity index (χ2n) is 9.76. The molecule has 3 N–H and O–H groups in total. The van der Waals surface area contributed by atoms with Crippen molar-refractivity contribution in [3.05, 3.63) is 73.2 Å². The summed E-state index contributed by atoms with van der Waals surface area (Å²) in [5, 5.41) is 5.39. The highest BCUT2D eigenvalue weighted by molar-refractivity contribution is 6.02. The fraction of sp³-hybridized carbons (Fsp3) is 0.250. The van der Waals surface area contributed by atoms with Crippen LogP contribution in [0.5, 0.6) is 0 Å². The van der Waals surface area contributed by atoms with E-state index in [1.807, 2.05) is 36.4 Å². The Kier molecular flexibility index (Phi) is 5.34. The van der Waals surface area contributed by atoms with Crippen LogP contribution in [-0.4, -0.2) is 45.1 Å². The Labute approximate surface area is 204 Å². The minimum absolute atomic E-state index is 0.436. The lowest BCUT2D eigenvalue weighted by atomic mass is 9.80. The average Bonchev–Trinajstić information content (AvgIpc) is 3.22. The number of fused-ring (bicyclic) bond motifs is 2. The van der Waals surface area contributed by atoms with Crippen LogP contribution in [0.25, 0.3) is 33.1 Å². The number of hydrogen-bond acceptors (Lipinski definition) is 6. The molecule has 3 aromatic heterocycles. The second-order valence-corrected chi connectivity index (χ2v) is 9.76. The van der Waals surface area contributed by atoms with Gasteiger partial charge in [-0.3, -0.25) is 0 Å². The SMILES string of the molecule is CN(C)CC1CC(n2cc(-c3ccc4ccc(Nc5ccccc5)nc4c3)c3c(N)ncnc32)C1. The first kappa shape index (κ1) is 21.6. The normalized spacial score (nSPS) is 17.7. The molecule has 7 nitrogen and oxygen atoms in total. The molecule has 3 heterocycles. The molecule has 0 atom stereocenters. The van der Waals surface area contributed by atoms with E-state index in [1.165, 1.54) is 0 Å². The van der Waals surface area contributed by atoms with Crippen molar-refractivity contribution in [3.8, 4) is 11.1 Å². The van der Waals surface area contributed by atoms with E-state index in [9.17, 15) is 0 Å². The van der Waals surface area contributed by atoms with Gasteiger partial charge in [0.2, 0.25) is 0 Å². The molecule has 0 saturated heterocycles. The van der Waals surface area contributed by atoms with Crippen molar-refractivity contribution in [2.24, 2.45) is 5.92 Å². The number of para-hydroxylation sites is 1. The molecule has 1 aliphatic carbocycles. The molecular formula is C28H29N7. The molecule has 35 heavy (non-hydrogen) atoms. The molecule has 1 fully saturated rings. The summed E-state index contributed by atoms with van der Waals surface area (Å²) in [7, 11) is 4.28. The van der Waals surface area contributed by atoms with Crippen LogP contribution in [0.2, 0.25) is 0 Å². The molecule has 1 saturated carbocycles. The van der Waals surface area contributed by atoms with Crippen molar-refractivity contribution in [3.63, 3.8) is 0 Å². The molecule has 1 aliphatic rings. The van der Waals surface area contributed by atoms with E-state index in [-0.39, 0.29) is 0 Å². The number of aromatic nitrogens is 4. The Bertz CT molecular complexity index is 1500. The van der Waals surface area contributed by atoms with Gasteiger partial charge in [-0.25, -0.2) is 15.0 Å². The number of pyridine rings is 1. The van der Waals surface area contributed by atoms with E-state index < -0.39 is 0 Å². The Hall–Kier alpha value is -3.97. The maximum Gasteiger partial charge on any atom is 0.146 e. The van der Waals surface area contributed by atoms with Crippen LogP contribution in [0.15, 0.2) is 73.2 Å². The van der Waals surface area contributed by atoms with Crippen molar-refractivity contribution in [1.29, 1.82) is 0 Å². The molecule has 176 valence electrons. The van der Waals surface area contributed by atoms with Gasteiger partial charge in [0.25, 0.3) is 0 Å². The van der Waals surface area contributed by atoms with Crippen LogP contribution >= 0.6 is 0 Å². The van der Waals surface area contributed by atoms with Crippen molar-refractivity contribution in [1.82, 2.24) is 24.4 Å². The van der Waals surface area contributed by atoms with Gasteiger partial charge in [0, 0.05) is 35.4 Å². The smallest absolute Gasteiger partial charge is 0.146 e. The van der Waals surface area contributed by atoms with Crippen molar-refractivity contribution in [2.75, 3.05) is 31.7 Å². The molecule has 0 radical (unpaired) electrons. The minimum atomic E-state index is 0.436. The predicted molar refractivity (Wildman–Crippen MR) is 143 cm³/mol. The predicted octanol–water partition coefficient (Wildman–Crippen LogP) is 5.49. The summed E-state index contributed by atoms with van der Waals surface area (Å²) in [6.07, 6.45) is 6.08. The molecule has 6 rings (SSSR count). The van der Waals surface area contributed by atoms with Crippen molar-refractivity contribution >= 4 is 39.3 Å². The zero-order chi connectivity index (χ0) is 23.9. The largest absolute Gasteiger partial charge is 0.383 e. The van der Waals surface area contributed by atoms with Crippen LogP contribution in [0.1, 0.15) is 18.9 Å². The second kappa shape index (κ2) is 8.67. The fourth-order valence-corrected chi connectivity index (χ4v) is 5.22. The van der Waals surface area contributed by atoms with Gasteiger partial charge in [-0.15, -0.1) is 0 Å². The Morgan fingerprint density at radius 1 is 1.03 bits per heavy atom. The summed E-state index contributed by atoms with van der Waals surface area (Å²) in [6.45, 7) is 1.12. The molecule has 0 amide bonds. The van der Waals surface area contributed by atoms with Gasteiger partial charge in [-0.05, 0) is 68.8 Å². The van der Waals surface area contributed by atoms with Crippen LogP contribution < -0.4 is 11.1 Å². The van der Waals surface area contributed by atoms with E-state index in [0.717, 1.165) is 69.9 Å². The molecular weight excluding hydrogens is 434 g/mol. The molecule has 0 aliphatic heterocycles. The number of anilines is 3. The molecule has 2 aromatic carbocycles. The highest BCUT2D eigenvalue weighted by atomic mass is 15.1. The van der Waals surface area contributed by atoms with Gasteiger partial charge in [-0.1, -0.05) is 30.3 Å². The van der Waals surface area contributed by atoms with Gasteiger partial charge >= 0.3 is 0 Å². The van der Waals surface area contributed by atoms with Crippen LogP contribution in [-0.2, 0) is 0 Å². The third-order valence-corrected chi connectivity index (χ3v) is 6.92. The average molecular weight is 464 g/mol. The number of hydrogen-bond donors (Lipinski definition) is 2. The summed E-state index contributed by atoms with van der Waals surface area (Å²) in [5.41, 5.74) is 11.4. The zero-order valence-electron chi connectivity index (χ0n) is 20.0. The van der Waals surface area contributed by atoms with Crippen LogP contribution in [0, 0.1) is 5.92 Å². The summed E-state index contributed by atoms with van der Waals surface area (Å²) in [4.78, 5) is 16.1. The topological polar surface area (TPSA) is 84.9 Å². The number of benzene rings is 2. The Morgan fingerprint density at radius 3 is 2.63 bits per heavy atom. The molecule has 0 spiro atoms. The third kappa shape index (κ3) is 4.08. The first-order chi connectivity index (χ1) is 17.0. The van der Waals surface area contributed by atoms with Crippen molar-refractivity contribution in [2.45, 2.75) is 18.9 Å². The quantitative estimate of drug-likeness (QED) is 0.347. The van der Waals surface area contributed by atoms with E-state index >= 15 is 0 Å². The van der Waals surface area contributed by atoms with E-state index in [4.69, 9.17) is 10.7 Å². The summed E-state index contributed by atoms with van der Waals surface area (Å²) in [6, 6.07) is 21.0. The Morgan fingerprint density at radius 2 is 1.83 bits per heavy atom. The monoisotopic (exact) mass is 463 g/mol. The molecule has 7 heteroatoms. The zero-order valence-corrected chi connectivity index (χ0v) is 20.0. The van der Waals surface area contributed by atoms with E-state index in [2.05, 4.69) is 69.3 Å². The van der Waals surface area contributed by atoms with E-state index in [1.54, 1.807) is 6.33 Å². The van der Waals surface area contributed by atoms with Gasteiger partial charge in [0.1, 0.15) is 23.6 Å². The van der Waals surface area contributed by atoms with Gasteiger partial charge in [-0.2, -0.15) is 0 Å². The Balaban J connectivity index is 1.38. The van der Waals surface area contributed by atoms with Gasteiger partial charge < -0.3 is 20.5 Å². The van der Waals surface area contributed by atoms with E-state index in [0.29, 0.717) is 11.9 Å². The lowest BCUT2D eigenvalue weighted by molar-refractivity contribution is 0.159. The van der Waals surface area contributed by atoms with Crippen LogP contribution in [0.3, 0.4) is 0 Å². The lowest BCUT2D eigenvalue weighted by Gasteiger charge is -2.38. The number of nitrogens with zero attached hydrogens (tertiary/aromatic N) is 5. The summed E-state index contributed by atoms with van der Waals surface area (Å²) < 4.78 is 2.31. The first-order valence-corrected chi connectivity index (χ1v) is 12.0. The van der Waals surface area contributed by atoms with Crippen LogP contribution in [0.4, 0.5) is 17.3 Å². The molecule has 0 unspecified atom stereocenters. The highest BCUT2D eigenvalue weighted by Crippen LogP contribution is 2.43. The van der Waals surface area contributed by atoms with Gasteiger partial charge in [0.05, 0.1) is 10.9 Å². The number of rotatable bonds is 6. The molecule has 5 aromatic rings.